The molecule has 1 aromatic carbocycles. The quantitative estimate of drug-likeness (QED) is 0.911. The third-order valence-electron chi connectivity index (χ3n) is 3.65. The molecule has 1 aromatic heterocycles. The van der Waals surface area contributed by atoms with Gasteiger partial charge in [0.15, 0.2) is 0 Å². The monoisotopic (exact) mass is 297 g/mol. The van der Waals surface area contributed by atoms with Crippen LogP contribution in [-0.4, -0.2) is 24.0 Å². The zero-order chi connectivity index (χ0) is 15.4. The van der Waals surface area contributed by atoms with Crippen LogP contribution in [0, 0.1) is 12.8 Å². The molecule has 0 radical (unpaired) electrons. The summed E-state index contributed by atoms with van der Waals surface area (Å²) in [6.45, 7) is 3.58. The molecule has 1 aliphatic heterocycles. The number of aromatic nitrogens is 1. The average molecular weight is 297 g/mol. The molecular weight excluding hydrogens is 278 g/mol. The summed E-state index contributed by atoms with van der Waals surface area (Å²) in [5, 5.41) is 6.14. The zero-order valence-corrected chi connectivity index (χ0v) is 12.5. The van der Waals surface area contributed by atoms with E-state index in [-0.39, 0.29) is 11.8 Å². The van der Waals surface area contributed by atoms with Gasteiger partial charge in [0, 0.05) is 24.0 Å². The van der Waals surface area contributed by atoms with Crippen molar-refractivity contribution in [1.29, 1.82) is 0 Å². The Bertz CT molecular complexity index is 649. The summed E-state index contributed by atoms with van der Waals surface area (Å²) in [6, 6.07) is 11.2. The first-order valence-corrected chi connectivity index (χ1v) is 7.43. The fourth-order valence-corrected chi connectivity index (χ4v) is 2.41. The van der Waals surface area contributed by atoms with Crippen LogP contribution in [0.15, 0.2) is 42.6 Å². The molecule has 2 heterocycles. The lowest BCUT2D eigenvalue weighted by Gasteiger charge is -2.11. The highest BCUT2D eigenvalue weighted by molar-refractivity contribution is 5.93. The van der Waals surface area contributed by atoms with E-state index in [1.165, 1.54) is 0 Å². The fraction of sp³-hybridized carbons (Fsp3) is 0.294. The molecule has 1 unspecified atom stereocenters. The Kier molecular flexibility index (Phi) is 4.34. The number of hydrogen-bond acceptors (Lipinski definition) is 4. The molecule has 22 heavy (non-hydrogen) atoms. The summed E-state index contributed by atoms with van der Waals surface area (Å²) < 4.78 is 5.75. The van der Waals surface area contributed by atoms with Crippen LogP contribution in [0.3, 0.4) is 0 Å². The molecular formula is C17H19N3O2. The minimum absolute atomic E-state index is 0.0471. The lowest BCUT2D eigenvalue weighted by atomic mass is 10.1. The second-order valence-corrected chi connectivity index (χ2v) is 5.44. The number of nitrogens with zero attached hydrogens (tertiary/aromatic N) is 1. The number of carbonyl (C=O) groups excluding carboxylic acids is 1. The highest BCUT2D eigenvalue weighted by atomic mass is 16.5. The normalized spacial score (nSPS) is 17.2. The summed E-state index contributed by atoms with van der Waals surface area (Å²) in [4.78, 5) is 16.3. The molecule has 1 atom stereocenters. The van der Waals surface area contributed by atoms with E-state index < -0.39 is 0 Å². The van der Waals surface area contributed by atoms with Crippen LogP contribution in [0.25, 0.3) is 0 Å². The number of pyridine rings is 1. The second kappa shape index (κ2) is 6.58. The molecule has 1 amide bonds. The number of aryl methyl sites for hydroxylation is 1. The number of anilines is 1. The SMILES string of the molecule is Cc1ccc(Oc2cccc(NC(=O)C3CCNC3)c2)cn1. The van der Waals surface area contributed by atoms with Gasteiger partial charge in [-0.05, 0) is 44.2 Å². The minimum atomic E-state index is 0.0471. The largest absolute Gasteiger partial charge is 0.456 e. The van der Waals surface area contributed by atoms with Crippen LogP contribution in [0.1, 0.15) is 12.1 Å². The molecule has 5 heteroatoms. The summed E-state index contributed by atoms with van der Waals surface area (Å²) in [7, 11) is 0. The Hall–Kier alpha value is -2.40. The lowest BCUT2D eigenvalue weighted by Crippen LogP contribution is -2.24. The van der Waals surface area contributed by atoms with E-state index in [2.05, 4.69) is 15.6 Å². The van der Waals surface area contributed by atoms with Crippen LogP contribution in [0.4, 0.5) is 5.69 Å². The van der Waals surface area contributed by atoms with Gasteiger partial charge in [0.05, 0.1) is 12.1 Å². The van der Waals surface area contributed by atoms with Crippen LogP contribution >= 0.6 is 0 Å². The van der Waals surface area contributed by atoms with Gasteiger partial charge in [0.1, 0.15) is 11.5 Å². The van der Waals surface area contributed by atoms with Gasteiger partial charge in [-0.1, -0.05) is 6.07 Å². The van der Waals surface area contributed by atoms with Gasteiger partial charge in [-0.2, -0.15) is 0 Å². The van der Waals surface area contributed by atoms with E-state index in [0.29, 0.717) is 11.5 Å². The first kappa shape index (κ1) is 14.5. The van der Waals surface area contributed by atoms with Gasteiger partial charge in [0.2, 0.25) is 5.91 Å². The molecule has 114 valence electrons. The predicted octanol–water partition coefficient (Wildman–Crippen LogP) is 2.73. The van der Waals surface area contributed by atoms with Crippen molar-refractivity contribution in [3.63, 3.8) is 0 Å². The van der Waals surface area contributed by atoms with Crippen molar-refractivity contribution in [3.05, 3.63) is 48.3 Å². The van der Waals surface area contributed by atoms with Gasteiger partial charge < -0.3 is 15.4 Å². The van der Waals surface area contributed by atoms with E-state index in [1.807, 2.05) is 43.3 Å². The third kappa shape index (κ3) is 3.62. The Balaban J connectivity index is 1.66. The number of benzene rings is 1. The maximum Gasteiger partial charge on any atom is 0.228 e. The van der Waals surface area contributed by atoms with Gasteiger partial charge in [-0.15, -0.1) is 0 Å². The van der Waals surface area contributed by atoms with Crippen LogP contribution in [0.2, 0.25) is 0 Å². The Morgan fingerprint density at radius 2 is 2.23 bits per heavy atom. The topological polar surface area (TPSA) is 63.2 Å². The molecule has 2 aromatic rings. The van der Waals surface area contributed by atoms with Gasteiger partial charge in [-0.3, -0.25) is 9.78 Å². The Morgan fingerprint density at radius 3 is 2.95 bits per heavy atom. The maximum atomic E-state index is 12.1. The minimum Gasteiger partial charge on any atom is -0.456 e. The van der Waals surface area contributed by atoms with Crippen molar-refractivity contribution in [2.45, 2.75) is 13.3 Å². The van der Waals surface area contributed by atoms with E-state index in [1.54, 1.807) is 6.20 Å². The molecule has 0 spiro atoms. The molecule has 1 saturated heterocycles. The Labute approximate surface area is 129 Å². The number of nitrogens with one attached hydrogen (secondary N) is 2. The summed E-state index contributed by atoms with van der Waals surface area (Å²) in [6.07, 6.45) is 2.57. The van der Waals surface area contributed by atoms with E-state index in [4.69, 9.17) is 4.74 Å². The molecule has 1 aliphatic rings. The first-order valence-electron chi connectivity index (χ1n) is 7.43. The maximum absolute atomic E-state index is 12.1. The second-order valence-electron chi connectivity index (χ2n) is 5.44. The Morgan fingerprint density at radius 1 is 1.32 bits per heavy atom. The van der Waals surface area contributed by atoms with Crippen LogP contribution in [0.5, 0.6) is 11.5 Å². The molecule has 2 N–H and O–H groups in total. The highest BCUT2D eigenvalue weighted by Gasteiger charge is 2.22. The van der Waals surface area contributed by atoms with Gasteiger partial charge in [-0.25, -0.2) is 0 Å². The number of carbonyl (C=O) groups is 1. The predicted molar refractivity (Wildman–Crippen MR) is 85.1 cm³/mol. The number of amides is 1. The van der Waals surface area contributed by atoms with Crippen LogP contribution in [-0.2, 0) is 4.79 Å². The van der Waals surface area contributed by atoms with Crippen LogP contribution < -0.4 is 15.4 Å². The van der Waals surface area contributed by atoms with Crippen molar-refractivity contribution < 1.29 is 9.53 Å². The standard InChI is InChI=1S/C17H19N3O2/c1-12-5-6-16(11-19-12)22-15-4-2-3-14(9-15)20-17(21)13-7-8-18-10-13/h2-6,9,11,13,18H,7-8,10H2,1H3,(H,20,21). The van der Waals surface area contributed by atoms with E-state index in [0.717, 1.165) is 30.9 Å². The lowest BCUT2D eigenvalue weighted by molar-refractivity contribution is -0.119. The molecule has 1 fully saturated rings. The average Bonchev–Trinajstić information content (AvgIpc) is 3.04. The molecule has 0 saturated carbocycles. The molecule has 0 aliphatic carbocycles. The zero-order valence-electron chi connectivity index (χ0n) is 12.5. The number of rotatable bonds is 4. The van der Waals surface area contributed by atoms with Crippen molar-refractivity contribution in [2.24, 2.45) is 5.92 Å². The molecule has 3 rings (SSSR count). The van der Waals surface area contributed by atoms with Crippen molar-refractivity contribution in [3.8, 4) is 11.5 Å². The van der Waals surface area contributed by atoms with Gasteiger partial charge in [0.25, 0.3) is 0 Å². The highest BCUT2D eigenvalue weighted by Crippen LogP contribution is 2.24. The molecule has 5 nitrogen and oxygen atoms in total. The van der Waals surface area contributed by atoms with E-state index >= 15 is 0 Å². The van der Waals surface area contributed by atoms with Gasteiger partial charge >= 0.3 is 0 Å². The fourth-order valence-electron chi connectivity index (χ4n) is 2.41. The first-order chi connectivity index (χ1) is 10.7. The summed E-state index contributed by atoms with van der Waals surface area (Å²) in [5.74, 6) is 1.45. The molecule has 0 bridgehead atoms. The van der Waals surface area contributed by atoms with Crippen molar-refractivity contribution in [2.75, 3.05) is 18.4 Å². The third-order valence-corrected chi connectivity index (χ3v) is 3.65. The smallest absolute Gasteiger partial charge is 0.228 e. The summed E-state index contributed by atoms with van der Waals surface area (Å²) >= 11 is 0. The van der Waals surface area contributed by atoms with Crippen molar-refractivity contribution >= 4 is 11.6 Å². The number of ether oxygens (including phenoxy) is 1. The van der Waals surface area contributed by atoms with Crippen molar-refractivity contribution in [1.82, 2.24) is 10.3 Å². The summed E-state index contributed by atoms with van der Waals surface area (Å²) in [5.41, 5.74) is 1.69. The number of hydrogen-bond donors (Lipinski definition) is 2. The van der Waals surface area contributed by atoms with E-state index in [9.17, 15) is 4.79 Å².